The van der Waals surface area contributed by atoms with Crippen LogP contribution in [0.3, 0.4) is 0 Å². The molecule has 4 aromatic rings. The van der Waals surface area contributed by atoms with E-state index >= 15 is 0 Å². The molecule has 2 aromatic heterocycles. The second-order valence-corrected chi connectivity index (χ2v) is 12.5. The topological polar surface area (TPSA) is 66.4 Å². The van der Waals surface area contributed by atoms with Gasteiger partial charge in [-0.15, -0.1) is 11.3 Å². The molecular formula is C34H35F3N4O2S. The summed E-state index contributed by atoms with van der Waals surface area (Å²) in [7, 11) is 0. The molecule has 10 heteroatoms. The SMILES string of the molecule is O=C(NC1CCN(CCCCC2(C(=O)NCC(F)(F)F)c3ccccc3-c3ccccc32)CC1)c1sccc1-n1cccc1. The highest BCUT2D eigenvalue weighted by Crippen LogP contribution is 2.51. The van der Waals surface area contributed by atoms with Crippen molar-refractivity contribution >= 4 is 23.2 Å². The third-order valence-corrected chi connectivity index (χ3v) is 9.74. The predicted octanol–water partition coefficient (Wildman–Crippen LogP) is 6.55. The molecule has 1 fully saturated rings. The van der Waals surface area contributed by atoms with Gasteiger partial charge >= 0.3 is 6.18 Å². The van der Waals surface area contributed by atoms with Gasteiger partial charge in [0.25, 0.3) is 5.91 Å². The van der Waals surface area contributed by atoms with Crippen LogP contribution in [0.1, 0.15) is 52.9 Å². The molecule has 0 bridgehead atoms. The molecule has 0 radical (unpaired) electrons. The fourth-order valence-electron chi connectivity index (χ4n) is 6.73. The van der Waals surface area contributed by atoms with Gasteiger partial charge in [0.05, 0.1) is 5.69 Å². The molecule has 3 heterocycles. The molecule has 0 spiro atoms. The van der Waals surface area contributed by atoms with Crippen LogP contribution in [-0.4, -0.2) is 59.7 Å². The summed E-state index contributed by atoms with van der Waals surface area (Å²) >= 11 is 1.44. The van der Waals surface area contributed by atoms with Crippen molar-refractivity contribution in [1.82, 2.24) is 20.1 Å². The second kappa shape index (κ2) is 12.6. The highest BCUT2D eigenvalue weighted by atomic mass is 32.1. The average Bonchev–Trinajstić information content (AvgIpc) is 3.78. The normalized spacial score (nSPS) is 16.3. The molecule has 1 aliphatic heterocycles. The molecule has 0 unspecified atom stereocenters. The van der Waals surface area contributed by atoms with Gasteiger partial charge in [-0.3, -0.25) is 9.59 Å². The van der Waals surface area contributed by atoms with E-state index in [2.05, 4.69) is 15.5 Å². The first-order chi connectivity index (χ1) is 21.3. The predicted molar refractivity (Wildman–Crippen MR) is 166 cm³/mol. The standard InChI is InChI=1S/C34H35F3N4O2S/c35-34(36,37)23-38-32(43)33(27-11-3-1-9-25(27)26-10-2-4-12-28(26)33)16-5-6-17-40-20-13-24(14-21-40)39-31(42)30-29(15-22-44-30)41-18-7-8-19-41/h1-4,7-12,15,18-19,22,24H,5-6,13-14,16-17,20-21,23H2,(H,38,43)(H,39,42). The quantitative estimate of drug-likeness (QED) is 0.198. The van der Waals surface area contributed by atoms with Crippen LogP contribution < -0.4 is 10.6 Å². The van der Waals surface area contributed by atoms with Crippen molar-refractivity contribution in [1.29, 1.82) is 0 Å². The zero-order valence-electron chi connectivity index (χ0n) is 24.3. The van der Waals surface area contributed by atoms with Crippen LogP contribution >= 0.6 is 11.3 Å². The van der Waals surface area contributed by atoms with Gasteiger partial charge < -0.3 is 20.1 Å². The van der Waals surface area contributed by atoms with Gasteiger partial charge in [-0.05, 0) is 78.1 Å². The van der Waals surface area contributed by atoms with Crippen molar-refractivity contribution < 1.29 is 22.8 Å². The molecule has 2 aliphatic rings. The van der Waals surface area contributed by atoms with Crippen molar-refractivity contribution in [2.45, 2.75) is 49.7 Å². The number of thiophene rings is 1. The minimum Gasteiger partial charge on any atom is -0.348 e. The molecule has 6 nitrogen and oxygen atoms in total. The number of alkyl halides is 3. The van der Waals surface area contributed by atoms with E-state index in [1.165, 1.54) is 11.3 Å². The van der Waals surface area contributed by atoms with Gasteiger partial charge in [0.2, 0.25) is 5.91 Å². The number of fused-ring (bicyclic) bond motifs is 3. The third kappa shape index (κ3) is 6.05. The lowest BCUT2D eigenvalue weighted by atomic mass is 9.73. The first-order valence-corrected chi connectivity index (χ1v) is 15.9. The minimum atomic E-state index is -4.49. The Balaban J connectivity index is 1.06. The number of rotatable bonds is 10. The van der Waals surface area contributed by atoms with Gasteiger partial charge in [0, 0.05) is 31.5 Å². The number of carbonyl (C=O) groups is 2. The number of piperidine rings is 1. The number of aromatic nitrogens is 1. The number of unbranched alkanes of at least 4 members (excludes halogenated alkanes) is 1. The summed E-state index contributed by atoms with van der Waals surface area (Å²) in [5.74, 6) is -0.650. The highest BCUT2D eigenvalue weighted by Gasteiger charge is 2.49. The molecule has 1 aliphatic carbocycles. The Labute approximate surface area is 258 Å². The van der Waals surface area contributed by atoms with E-state index in [0.29, 0.717) is 17.7 Å². The Hall–Kier alpha value is -3.89. The Morgan fingerprint density at radius 1 is 0.886 bits per heavy atom. The summed E-state index contributed by atoms with van der Waals surface area (Å²) in [4.78, 5) is 29.8. The molecule has 0 atom stereocenters. The van der Waals surface area contributed by atoms with E-state index in [9.17, 15) is 22.8 Å². The van der Waals surface area contributed by atoms with E-state index in [4.69, 9.17) is 0 Å². The molecule has 44 heavy (non-hydrogen) atoms. The van der Waals surface area contributed by atoms with Crippen LogP contribution in [0, 0.1) is 0 Å². The largest absolute Gasteiger partial charge is 0.405 e. The summed E-state index contributed by atoms with van der Waals surface area (Å²) in [5.41, 5.74) is 3.05. The summed E-state index contributed by atoms with van der Waals surface area (Å²) < 4.78 is 41.3. The maximum Gasteiger partial charge on any atom is 0.405 e. The second-order valence-electron chi connectivity index (χ2n) is 11.6. The van der Waals surface area contributed by atoms with E-state index in [0.717, 1.165) is 66.8 Å². The minimum absolute atomic E-state index is 0.0478. The average molecular weight is 621 g/mol. The number of benzene rings is 2. The van der Waals surface area contributed by atoms with Crippen molar-refractivity contribution in [3.63, 3.8) is 0 Å². The van der Waals surface area contributed by atoms with Crippen molar-refractivity contribution in [2.24, 2.45) is 0 Å². The lowest BCUT2D eigenvalue weighted by Gasteiger charge is -2.33. The van der Waals surface area contributed by atoms with E-state index in [1.54, 1.807) is 0 Å². The summed E-state index contributed by atoms with van der Waals surface area (Å²) in [6, 6.07) is 21.0. The Morgan fingerprint density at radius 3 is 2.16 bits per heavy atom. The van der Waals surface area contributed by atoms with Crippen LogP contribution in [0.15, 0.2) is 84.5 Å². The smallest absolute Gasteiger partial charge is 0.348 e. The van der Waals surface area contributed by atoms with Crippen LogP contribution in [-0.2, 0) is 10.2 Å². The van der Waals surface area contributed by atoms with Crippen molar-refractivity contribution in [2.75, 3.05) is 26.2 Å². The number of carbonyl (C=O) groups excluding carboxylic acids is 2. The number of nitrogens with one attached hydrogen (secondary N) is 2. The zero-order valence-corrected chi connectivity index (χ0v) is 25.1. The van der Waals surface area contributed by atoms with Crippen LogP contribution in [0.5, 0.6) is 0 Å². The summed E-state index contributed by atoms with van der Waals surface area (Å²) in [6.07, 6.45) is 2.97. The van der Waals surface area contributed by atoms with E-state index in [-0.39, 0.29) is 11.9 Å². The van der Waals surface area contributed by atoms with Gasteiger partial charge in [-0.2, -0.15) is 13.2 Å². The Morgan fingerprint density at radius 2 is 1.52 bits per heavy atom. The molecule has 6 rings (SSSR count). The Kier molecular flexibility index (Phi) is 8.64. The number of hydrogen-bond acceptors (Lipinski definition) is 4. The molecule has 2 N–H and O–H groups in total. The maximum atomic E-state index is 13.7. The van der Waals surface area contributed by atoms with E-state index < -0.39 is 24.0 Å². The highest BCUT2D eigenvalue weighted by molar-refractivity contribution is 7.12. The zero-order chi connectivity index (χ0) is 30.7. The first kappa shape index (κ1) is 30.1. The van der Waals surface area contributed by atoms with Gasteiger partial charge in [0.15, 0.2) is 0 Å². The first-order valence-electron chi connectivity index (χ1n) is 15.0. The number of likely N-dealkylation sites (tertiary alicyclic amines) is 1. The Bertz CT molecular complexity index is 1560. The van der Waals surface area contributed by atoms with Gasteiger partial charge in [0.1, 0.15) is 16.8 Å². The molecule has 2 aromatic carbocycles. The number of hydrogen-bond donors (Lipinski definition) is 2. The molecule has 0 saturated carbocycles. The van der Waals surface area contributed by atoms with Gasteiger partial charge in [-0.1, -0.05) is 55.0 Å². The van der Waals surface area contributed by atoms with Crippen LogP contribution in [0.2, 0.25) is 0 Å². The molecule has 1 saturated heterocycles. The lowest BCUT2D eigenvalue weighted by Crippen LogP contribution is -2.47. The molecular weight excluding hydrogens is 585 g/mol. The summed E-state index contributed by atoms with van der Waals surface area (Å²) in [5, 5.41) is 7.35. The third-order valence-electron chi connectivity index (χ3n) is 8.83. The fraction of sp³-hybridized carbons (Fsp3) is 0.353. The fourth-order valence-corrected chi connectivity index (χ4v) is 7.53. The van der Waals surface area contributed by atoms with Crippen LogP contribution in [0.25, 0.3) is 16.8 Å². The lowest BCUT2D eigenvalue weighted by molar-refractivity contribution is -0.141. The van der Waals surface area contributed by atoms with Gasteiger partial charge in [-0.25, -0.2) is 0 Å². The molecule has 230 valence electrons. The summed E-state index contributed by atoms with van der Waals surface area (Å²) in [6.45, 7) is 1.17. The molecule has 2 amide bonds. The monoisotopic (exact) mass is 620 g/mol. The number of amides is 2. The number of nitrogens with zero attached hydrogens (tertiary/aromatic N) is 2. The van der Waals surface area contributed by atoms with Crippen LogP contribution in [0.4, 0.5) is 13.2 Å². The van der Waals surface area contributed by atoms with E-state index in [1.807, 2.05) is 89.1 Å². The number of halogens is 3. The van der Waals surface area contributed by atoms with Crippen molar-refractivity contribution in [3.05, 3.63) is 101 Å². The van der Waals surface area contributed by atoms with Crippen molar-refractivity contribution in [3.8, 4) is 16.8 Å². The maximum absolute atomic E-state index is 13.7.